The predicted molar refractivity (Wildman–Crippen MR) is 94.3 cm³/mol. The van der Waals surface area contributed by atoms with Crippen LogP contribution in [0.15, 0.2) is 47.1 Å². The van der Waals surface area contributed by atoms with E-state index < -0.39 is 17.6 Å². The monoisotopic (exact) mass is 391 g/mol. The van der Waals surface area contributed by atoms with Gasteiger partial charge in [-0.15, -0.1) is 0 Å². The zero-order valence-electron chi connectivity index (χ0n) is 14.0. The Kier molecular flexibility index (Phi) is 5.32. The van der Waals surface area contributed by atoms with Gasteiger partial charge >= 0.3 is 11.9 Å². The lowest BCUT2D eigenvalue weighted by Gasteiger charge is -2.03. The quantitative estimate of drug-likeness (QED) is 0.338. The highest BCUT2D eigenvalue weighted by atomic mass is 35.5. The van der Waals surface area contributed by atoms with Gasteiger partial charge in [0.15, 0.2) is 17.3 Å². The summed E-state index contributed by atoms with van der Waals surface area (Å²) in [5.41, 5.74) is 0.526. The van der Waals surface area contributed by atoms with Gasteiger partial charge in [0.05, 0.1) is 10.6 Å². The maximum atomic E-state index is 13.4. The largest absolute Gasteiger partial charge is 0.427 e. The SMILES string of the molecule is CCC(=O)Oc1ccc(/C=C2\N=C(c3cc(F)c(F)cc3Cl)OC2=O)cc1. The third kappa shape index (κ3) is 4.20. The number of esters is 2. The minimum absolute atomic E-state index is 0.0332. The van der Waals surface area contributed by atoms with Crippen LogP contribution in [0, 0.1) is 11.6 Å². The number of ether oxygens (including phenoxy) is 2. The molecule has 0 spiro atoms. The molecular weight excluding hydrogens is 380 g/mol. The highest BCUT2D eigenvalue weighted by Crippen LogP contribution is 2.26. The molecule has 0 fully saturated rings. The van der Waals surface area contributed by atoms with E-state index in [2.05, 4.69) is 4.99 Å². The van der Waals surface area contributed by atoms with Crippen LogP contribution >= 0.6 is 11.6 Å². The Labute approximate surface area is 157 Å². The molecule has 1 aliphatic heterocycles. The fourth-order valence-corrected chi connectivity index (χ4v) is 2.44. The van der Waals surface area contributed by atoms with Gasteiger partial charge in [0.1, 0.15) is 5.75 Å². The van der Waals surface area contributed by atoms with Gasteiger partial charge < -0.3 is 9.47 Å². The summed E-state index contributed by atoms with van der Waals surface area (Å²) in [4.78, 5) is 27.2. The molecule has 0 aromatic heterocycles. The maximum absolute atomic E-state index is 13.4. The molecule has 3 rings (SSSR count). The third-order valence-corrected chi connectivity index (χ3v) is 3.88. The number of aliphatic imine (C=N–C) groups is 1. The lowest BCUT2D eigenvalue weighted by molar-refractivity contribution is -0.134. The fraction of sp³-hybridized carbons (Fsp3) is 0.105. The molecule has 27 heavy (non-hydrogen) atoms. The lowest BCUT2D eigenvalue weighted by atomic mass is 10.2. The molecular formula is C19H12ClF2NO4. The second-order valence-corrected chi connectivity index (χ2v) is 5.89. The van der Waals surface area contributed by atoms with Crippen molar-refractivity contribution in [1.29, 1.82) is 0 Å². The number of carbonyl (C=O) groups is 2. The van der Waals surface area contributed by atoms with Crippen LogP contribution in [0.25, 0.3) is 6.08 Å². The lowest BCUT2D eigenvalue weighted by Crippen LogP contribution is -2.07. The smallest absolute Gasteiger partial charge is 0.363 e. The van der Waals surface area contributed by atoms with Crippen LogP contribution in [0.1, 0.15) is 24.5 Å². The Morgan fingerprint density at radius 2 is 1.89 bits per heavy atom. The predicted octanol–water partition coefficient (Wildman–Crippen LogP) is 4.28. The Balaban J connectivity index is 1.86. The summed E-state index contributed by atoms with van der Waals surface area (Å²) in [5.74, 6) is -3.22. The van der Waals surface area contributed by atoms with E-state index in [0.717, 1.165) is 12.1 Å². The first kappa shape index (κ1) is 18.7. The first-order chi connectivity index (χ1) is 12.9. The van der Waals surface area contributed by atoms with Crippen molar-refractivity contribution in [2.24, 2.45) is 4.99 Å². The van der Waals surface area contributed by atoms with Gasteiger partial charge in [0.25, 0.3) is 0 Å². The van der Waals surface area contributed by atoms with Gasteiger partial charge in [-0.25, -0.2) is 18.6 Å². The van der Waals surface area contributed by atoms with E-state index in [1.165, 1.54) is 6.08 Å². The molecule has 0 saturated carbocycles. The number of nitrogens with zero attached hydrogens (tertiary/aromatic N) is 1. The van der Waals surface area contributed by atoms with Crippen LogP contribution in [0.5, 0.6) is 5.75 Å². The van der Waals surface area contributed by atoms with Crippen molar-refractivity contribution in [3.05, 3.63) is 69.9 Å². The van der Waals surface area contributed by atoms with Gasteiger partial charge in [-0.3, -0.25) is 4.79 Å². The molecule has 2 aromatic carbocycles. The molecule has 2 aromatic rings. The summed E-state index contributed by atoms with van der Waals surface area (Å²) in [7, 11) is 0. The molecule has 138 valence electrons. The maximum Gasteiger partial charge on any atom is 0.363 e. The minimum Gasteiger partial charge on any atom is -0.427 e. The molecule has 0 unspecified atom stereocenters. The number of rotatable bonds is 4. The molecule has 1 aliphatic rings. The zero-order chi connectivity index (χ0) is 19.6. The highest BCUT2D eigenvalue weighted by Gasteiger charge is 2.26. The Morgan fingerprint density at radius 3 is 2.56 bits per heavy atom. The molecule has 0 atom stereocenters. The van der Waals surface area contributed by atoms with Crippen molar-refractivity contribution in [2.45, 2.75) is 13.3 Å². The molecule has 0 radical (unpaired) electrons. The molecule has 1 heterocycles. The zero-order valence-corrected chi connectivity index (χ0v) is 14.7. The number of benzene rings is 2. The second kappa shape index (κ2) is 7.67. The summed E-state index contributed by atoms with van der Waals surface area (Å²) < 4.78 is 36.7. The van der Waals surface area contributed by atoms with Crippen LogP contribution in [0.4, 0.5) is 8.78 Å². The second-order valence-electron chi connectivity index (χ2n) is 5.48. The highest BCUT2D eigenvalue weighted by molar-refractivity contribution is 6.34. The topological polar surface area (TPSA) is 65.0 Å². The first-order valence-corrected chi connectivity index (χ1v) is 8.23. The molecule has 5 nitrogen and oxygen atoms in total. The van der Waals surface area contributed by atoms with E-state index in [-0.39, 0.29) is 34.6 Å². The Morgan fingerprint density at radius 1 is 1.22 bits per heavy atom. The molecule has 8 heteroatoms. The van der Waals surface area contributed by atoms with Crippen LogP contribution in [-0.2, 0) is 14.3 Å². The van der Waals surface area contributed by atoms with Crippen molar-refractivity contribution < 1.29 is 27.8 Å². The normalized spacial score (nSPS) is 14.9. The van der Waals surface area contributed by atoms with Crippen molar-refractivity contribution in [3.63, 3.8) is 0 Å². The van der Waals surface area contributed by atoms with Gasteiger partial charge in [-0.1, -0.05) is 30.7 Å². The fourth-order valence-electron chi connectivity index (χ4n) is 2.20. The van der Waals surface area contributed by atoms with Crippen molar-refractivity contribution in [2.75, 3.05) is 0 Å². The minimum atomic E-state index is -1.14. The third-order valence-electron chi connectivity index (χ3n) is 3.56. The summed E-state index contributed by atoms with van der Waals surface area (Å²) in [5, 5.41) is -0.135. The van der Waals surface area contributed by atoms with Crippen molar-refractivity contribution in [3.8, 4) is 5.75 Å². The molecule has 0 amide bonds. The van der Waals surface area contributed by atoms with Crippen LogP contribution in [0.3, 0.4) is 0 Å². The Bertz CT molecular complexity index is 984. The van der Waals surface area contributed by atoms with Gasteiger partial charge in [0.2, 0.25) is 5.90 Å². The standard InChI is InChI=1S/C19H12ClF2NO4/c1-2-17(24)26-11-5-3-10(4-6-11)7-16-19(25)27-18(23-16)12-8-14(21)15(22)9-13(12)20/h3-9H,2H2,1H3/b16-7-. The number of hydrogen-bond acceptors (Lipinski definition) is 5. The van der Waals surface area contributed by atoms with Crippen LogP contribution in [-0.4, -0.2) is 17.8 Å². The van der Waals surface area contributed by atoms with Crippen molar-refractivity contribution in [1.82, 2.24) is 0 Å². The molecule has 0 bridgehead atoms. The van der Waals surface area contributed by atoms with E-state index in [9.17, 15) is 18.4 Å². The molecule has 0 saturated heterocycles. The number of cyclic esters (lactones) is 1. The van der Waals surface area contributed by atoms with E-state index >= 15 is 0 Å². The molecule has 0 N–H and O–H groups in total. The average Bonchev–Trinajstić information content (AvgIpc) is 3.00. The van der Waals surface area contributed by atoms with E-state index in [1.54, 1.807) is 31.2 Å². The first-order valence-electron chi connectivity index (χ1n) is 7.85. The van der Waals surface area contributed by atoms with E-state index in [1.807, 2.05) is 0 Å². The number of hydrogen-bond donors (Lipinski definition) is 0. The summed E-state index contributed by atoms with van der Waals surface area (Å²) in [6.45, 7) is 1.68. The summed E-state index contributed by atoms with van der Waals surface area (Å²) in [6.07, 6.45) is 1.69. The number of halogens is 3. The Hall–Kier alpha value is -3.06. The van der Waals surface area contributed by atoms with Gasteiger partial charge in [-0.05, 0) is 35.9 Å². The van der Waals surface area contributed by atoms with Crippen LogP contribution in [0.2, 0.25) is 5.02 Å². The van der Waals surface area contributed by atoms with Crippen LogP contribution < -0.4 is 4.74 Å². The average molecular weight is 392 g/mol. The van der Waals surface area contributed by atoms with Gasteiger partial charge in [0, 0.05) is 6.42 Å². The number of carbonyl (C=O) groups excluding carboxylic acids is 2. The van der Waals surface area contributed by atoms with E-state index in [0.29, 0.717) is 11.3 Å². The van der Waals surface area contributed by atoms with Gasteiger partial charge in [-0.2, -0.15) is 0 Å². The van der Waals surface area contributed by atoms with E-state index in [4.69, 9.17) is 21.1 Å². The summed E-state index contributed by atoms with van der Waals surface area (Å²) in [6, 6.07) is 7.96. The summed E-state index contributed by atoms with van der Waals surface area (Å²) >= 11 is 5.87. The van der Waals surface area contributed by atoms with Crippen molar-refractivity contribution >= 4 is 35.5 Å². The molecule has 0 aliphatic carbocycles.